The van der Waals surface area contributed by atoms with E-state index in [1.807, 2.05) is 0 Å². The Bertz CT molecular complexity index is 1000. The van der Waals surface area contributed by atoms with Crippen LogP contribution in [-0.2, 0) is 16.1 Å². The van der Waals surface area contributed by atoms with Crippen LogP contribution in [-0.4, -0.2) is 39.9 Å². The molecule has 0 aliphatic carbocycles. The Morgan fingerprint density at radius 1 is 1.33 bits per heavy atom. The van der Waals surface area contributed by atoms with Gasteiger partial charge in [0.2, 0.25) is 0 Å². The maximum Gasteiger partial charge on any atom is 0.341 e. The first-order valence-electron chi connectivity index (χ1n) is 8.18. The summed E-state index contributed by atoms with van der Waals surface area (Å²) in [6, 6.07) is 9.38. The summed E-state index contributed by atoms with van der Waals surface area (Å²) in [5, 5.41) is 0. The predicted molar refractivity (Wildman–Crippen MR) is 102 cm³/mol. The van der Waals surface area contributed by atoms with Crippen molar-refractivity contribution in [2.24, 2.45) is 0 Å². The van der Waals surface area contributed by atoms with E-state index in [1.165, 1.54) is 30.3 Å². The second-order valence-corrected chi connectivity index (χ2v) is 7.04. The summed E-state index contributed by atoms with van der Waals surface area (Å²) in [7, 11) is 1.57. The van der Waals surface area contributed by atoms with Crippen molar-refractivity contribution in [3.63, 3.8) is 0 Å². The van der Waals surface area contributed by atoms with Crippen LogP contribution in [0.15, 0.2) is 47.2 Å². The lowest BCUT2D eigenvalue weighted by molar-refractivity contribution is -0.139. The van der Waals surface area contributed by atoms with E-state index in [0.717, 1.165) is 0 Å². The Morgan fingerprint density at radius 2 is 2.11 bits per heavy atom. The largest absolute Gasteiger partial charge is 0.449 e. The van der Waals surface area contributed by atoms with Gasteiger partial charge in [0.25, 0.3) is 5.91 Å². The number of amides is 1. The first-order chi connectivity index (χ1) is 12.8. The van der Waals surface area contributed by atoms with Crippen molar-refractivity contribution >= 4 is 38.8 Å². The molecule has 8 heteroatoms. The van der Waals surface area contributed by atoms with Crippen LogP contribution in [0.2, 0.25) is 0 Å². The molecule has 1 amide bonds. The standard InChI is InChI=1S/C19H17BrFN3O3/c1-11(18(25)24(2)9-12-4-3-5-14(21)6-12)27-19(26)15-7-13(20)8-16-17(15)23-10-22-16/h3-8,10-11H,9H2,1-2H3,(H,22,23). The number of imidazole rings is 1. The van der Waals surface area contributed by atoms with Crippen molar-refractivity contribution in [1.82, 2.24) is 14.9 Å². The van der Waals surface area contributed by atoms with E-state index in [0.29, 0.717) is 21.1 Å². The number of fused-ring (bicyclic) bond motifs is 1. The molecule has 0 spiro atoms. The molecule has 1 atom stereocenters. The molecular formula is C19H17BrFN3O3. The molecule has 0 bridgehead atoms. The lowest BCUT2D eigenvalue weighted by Gasteiger charge is -2.21. The smallest absolute Gasteiger partial charge is 0.341 e. The van der Waals surface area contributed by atoms with E-state index in [1.54, 1.807) is 31.3 Å². The van der Waals surface area contributed by atoms with E-state index < -0.39 is 12.1 Å². The lowest BCUT2D eigenvalue weighted by Crippen LogP contribution is -2.37. The molecule has 3 rings (SSSR count). The number of aromatic nitrogens is 2. The minimum atomic E-state index is -0.996. The Kier molecular flexibility index (Phi) is 5.55. The zero-order valence-corrected chi connectivity index (χ0v) is 16.3. The number of rotatable bonds is 5. The second-order valence-electron chi connectivity index (χ2n) is 6.12. The number of H-pyrrole nitrogens is 1. The van der Waals surface area contributed by atoms with Crippen molar-refractivity contribution < 1.29 is 18.7 Å². The zero-order valence-electron chi connectivity index (χ0n) is 14.7. The number of hydrogen-bond donors (Lipinski definition) is 1. The summed E-state index contributed by atoms with van der Waals surface area (Å²) in [5.74, 6) is -1.40. The third kappa shape index (κ3) is 4.33. The fourth-order valence-corrected chi connectivity index (χ4v) is 3.20. The monoisotopic (exact) mass is 433 g/mol. The van der Waals surface area contributed by atoms with Crippen molar-refractivity contribution in [2.45, 2.75) is 19.6 Å². The average Bonchev–Trinajstić information content (AvgIpc) is 3.08. The van der Waals surface area contributed by atoms with Gasteiger partial charge in [0.15, 0.2) is 6.10 Å². The van der Waals surface area contributed by atoms with Gasteiger partial charge in [0.05, 0.1) is 17.4 Å². The van der Waals surface area contributed by atoms with Gasteiger partial charge in [-0.25, -0.2) is 14.2 Å². The molecule has 1 N–H and O–H groups in total. The van der Waals surface area contributed by atoms with Crippen LogP contribution >= 0.6 is 15.9 Å². The SMILES string of the molecule is CC(OC(=O)c1cc(Br)cc2[nH]cnc12)C(=O)N(C)Cc1cccc(F)c1. The lowest BCUT2D eigenvalue weighted by atomic mass is 10.2. The molecule has 0 saturated heterocycles. The van der Waals surface area contributed by atoms with Gasteiger partial charge in [0, 0.05) is 18.1 Å². The van der Waals surface area contributed by atoms with Gasteiger partial charge in [-0.15, -0.1) is 0 Å². The number of halogens is 2. The molecule has 0 aliphatic rings. The Labute approximate surface area is 163 Å². The molecule has 3 aromatic rings. The number of likely N-dealkylation sites (N-methyl/N-ethyl adjacent to an activating group) is 1. The molecule has 1 heterocycles. The quantitative estimate of drug-likeness (QED) is 0.622. The zero-order chi connectivity index (χ0) is 19.6. The molecule has 0 fully saturated rings. The Morgan fingerprint density at radius 3 is 2.85 bits per heavy atom. The highest BCUT2D eigenvalue weighted by Crippen LogP contribution is 2.23. The van der Waals surface area contributed by atoms with Crippen LogP contribution in [0.5, 0.6) is 0 Å². The molecule has 140 valence electrons. The first-order valence-corrected chi connectivity index (χ1v) is 8.97. The molecule has 27 heavy (non-hydrogen) atoms. The van der Waals surface area contributed by atoms with E-state index in [2.05, 4.69) is 25.9 Å². The van der Waals surface area contributed by atoms with E-state index in [4.69, 9.17) is 4.74 Å². The molecule has 6 nitrogen and oxygen atoms in total. The number of benzene rings is 2. The predicted octanol–water partition coefficient (Wildman–Crippen LogP) is 3.67. The number of nitrogens with one attached hydrogen (secondary N) is 1. The Hall–Kier alpha value is -2.74. The molecular weight excluding hydrogens is 417 g/mol. The van der Waals surface area contributed by atoms with Gasteiger partial charge in [0.1, 0.15) is 11.3 Å². The second kappa shape index (κ2) is 7.87. The molecule has 0 saturated carbocycles. The summed E-state index contributed by atoms with van der Waals surface area (Å²) >= 11 is 3.34. The van der Waals surface area contributed by atoms with E-state index in [-0.39, 0.29) is 23.8 Å². The topological polar surface area (TPSA) is 75.3 Å². The summed E-state index contributed by atoms with van der Waals surface area (Å²) in [6.45, 7) is 1.71. The van der Waals surface area contributed by atoms with Crippen molar-refractivity contribution in [2.75, 3.05) is 7.05 Å². The minimum Gasteiger partial charge on any atom is -0.449 e. The summed E-state index contributed by atoms with van der Waals surface area (Å²) in [6.07, 6.45) is 0.485. The summed E-state index contributed by atoms with van der Waals surface area (Å²) < 4.78 is 19.3. The van der Waals surface area contributed by atoms with Crippen molar-refractivity contribution in [3.05, 3.63) is 64.1 Å². The number of ether oxygens (including phenoxy) is 1. The number of carbonyl (C=O) groups is 2. The fraction of sp³-hybridized carbons (Fsp3) is 0.211. The van der Waals surface area contributed by atoms with E-state index >= 15 is 0 Å². The summed E-state index contributed by atoms with van der Waals surface area (Å²) in [5.41, 5.74) is 2.05. The molecule has 1 aromatic heterocycles. The fourth-order valence-electron chi connectivity index (χ4n) is 2.74. The maximum atomic E-state index is 13.3. The highest BCUT2D eigenvalue weighted by Gasteiger charge is 2.24. The molecule has 1 unspecified atom stereocenters. The number of nitrogens with zero attached hydrogens (tertiary/aromatic N) is 2. The van der Waals surface area contributed by atoms with Crippen LogP contribution in [0.1, 0.15) is 22.8 Å². The van der Waals surface area contributed by atoms with Gasteiger partial charge in [-0.1, -0.05) is 28.1 Å². The number of esters is 1. The highest BCUT2D eigenvalue weighted by molar-refractivity contribution is 9.10. The van der Waals surface area contributed by atoms with Gasteiger partial charge in [-0.2, -0.15) is 0 Å². The van der Waals surface area contributed by atoms with Crippen LogP contribution in [0.4, 0.5) is 4.39 Å². The number of hydrogen-bond acceptors (Lipinski definition) is 4. The van der Waals surface area contributed by atoms with Gasteiger partial charge in [-0.3, -0.25) is 4.79 Å². The van der Waals surface area contributed by atoms with Crippen molar-refractivity contribution in [3.8, 4) is 0 Å². The molecule has 0 radical (unpaired) electrons. The third-order valence-corrected chi connectivity index (χ3v) is 4.48. The first kappa shape index (κ1) is 19.0. The molecule has 2 aromatic carbocycles. The normalized spacial score (nSPS) is 12.0. The van der Waals surface area contributed by atoms with Gasteiger partial charge < -0.3 is 14.6 Å². The number of aromatic amines is 1. The van der Waals surface area contributed by atoms with Gasteiger partial charge >= 0.3 is 5.97 Å². The number of carbonyl (C=O) groups excluding carboxylic acids is 2. The maximum absolute atomic E-state index is 13.3. The minimum absolute atomic E-state index is 0.207. The average molecular weight is 434 g/mol. The van der Waals surface area contributed by atoms with Crippen molar-refractivity contribution in [1.29, 1.82) is 0 Å². The summed E-state index contributed by atoms with van der Waals surface area (Å²) in [4.78, 5) is 33.5. The van der Waals surface area contributed by atoms with Crippen LogP contribution in [0, 0.1) is 5.82 Å². The Balaban J connectivity index is 1.70. The van der Waals surface area contributed by atoms with Gasteiger partial charge in [-0.05, 0) is 36.8 Å². The van der Waals surface area contributed by atoms with Crippen LogP contribution < -0.4 is 0 Å². The van der Waals surface area contributed by atoms with Crippen LogP contribution in [0.25, 0.3) is 11.0 Å². The van der Waals surface area contributed by atoms with E-state index in [9.17, 15) is 14.0 Å². The third-order valence-electron chi connectivity index (χ3n) is 4.02. The van der Waals surface area contributed by atoms with Crippen LogP contribution in [0.3, 0.4) is 0 Å². The highest BCUT2D eigenvalue weighted by atomic mass is 79.9. The molecule has 0 aliphatic heterocycles.